The molecule has 0 heterocycles. The van der Waals surface area contributed by atoms with E-state index in [-0.39, 0.29) is 6.04 Å². The minimum atomic E-state index is 0.161. The molecule has 0 aromatic heterocycles. The van der Waals surface area contributed by atoms with Crippen molar-refractivity contribution in [1.29, 1.82) is 0 Å². The zero-order valence-corrected chi connectivity index (χ0v) is 14.7. The average Bonchev–Trinajstić information content (AvgIpc) is 2.46. The molecule has 106 valence electrons. The van der Waals surface area contributed by atoms with Crippen molar-refractivity contribution in [3.05, 3.63) is 62.5 Å². The van der Waals surface area contributed by atoms with Gasteiger partial charge in [-0.2, -0.15) is 0 Å². The molecule has 1 atom stereocenters. The van der Waals surface area contributed by atoms with Gasteiger partial charge in [-0.3, -0.25) is 0 Å². The first kappa shape index (κ1) is 15.5. The monoisotopic (exact) mass is 397 g/mol. The van der Waals surface area contributed by atoms with Gasteiger partial charge in [-0.05, 0) is 41.9 Å². The molecule has 0 fully saturated rings. The fraction of sp³-hybridized carbons (Fsp3) is 0.250. The molecular weight excluding hydrogens is 382 g/mol. The van der Waals surface area contributed by atoms with Crippen LogP contribution in [-0.4, -0.2) is 13.7 Å². The lowest BCUT2D eigenvalue weighted by Gasteiger charge is -2.20. The van der Waals surface area contributed by atoms with Crippen molar-refractivity contribution in [2.24, 2.45) is 0 Å². The standard InChI is InChI=1S/C16H17Br2NO/c1-3-19-16(11-4-7-13(20-2)8-5-11)14-9-6-12(17)10-15(14)18/h4-10,16,19H,3H2,1-2H3. The van der Waals surface area contributed by atoms with Gasteiger partial charge in [0.2, 0.25) is 0 Å². The third-order valence-corrected chi connectivity index (χ3v) is 4.31. The Bertz CT molecular complexity index is 569. The Kier molecular flexibility index (Phi) is 5.64. The second kappa shape index (κ2) is 7.25. The van der Waals surface area contributed by atoms with Crippen molar-refractivity contribution >= 4 is 31.9 Å². The molecule has 0 spiro atoms. The van der Waals surface area contributed by atoms with E-state index in [4.69, 9.17) is 4.74 Å². The van der Waals surface area contributed by atoms with E-state index in [1.165, 1.54) is 11.1 Å². The lowest BCUT2D eigenvalue weighted by Crippen LogP contribution is -2.22. The lowest BCUT2D eigenvalue weighted by atomic mass is 9.98. The van der Waals surface area contributed by atoms with Crippen molar-refractivity contribution in [2.45, 2.75) is 13.0 Å². The van der Waals surface area contributed by atoms with Crippen LogP contribution in [0.25, 0.3) is 0 Å². The Morgan fingerprint density at radius 1 is 1.10 bits per heavy atom. The summed E-state index contributed by atoms with van der Waals surface area (Å²) in [4.78, 5) is 0. The van der Waals surface area contributed by atoms with Crippen molar-refractivity contribution in [3.63, 3.8) is 0 Å². The van der Waals surface area contributed by atoms with E-state index in [1.807, 2.05) is 12.1 Å². The smallest absolute Gasteiger partial charge is 0.118 e. The van der Waals surface area contributed by atoms with Crippen LogP contribution in [0.15, 0.2) is 51.4 Å². The minimum Gasteiger partial charge on any atom is -0.497 e. The van der Waals surface area contributed by atoms with Crippen LogP contribution in [0.2, 0.25) is 0 Å². The largest absolute Gasteiger partial charge is 0.497 e. The first-order valence-electron chi connectivity index (χ1n) is 6.48. The molecule has 20 heavy (non-hydrogen) atoms. The van der Waals surface area contributed by atoms with E-state index in [2.05, 4.69) is 74.4 Å². The predicted octanol–water partition coefficient (Wildman–Crippen LogP) is 4.92. The summed E-state index contributed by atoms with van der Waals surface area (Å²) in [6.45, 7) is 3.02. The quantitative estimate of drug-likeness (QED) is 0.771. The molecule has 2 aromatic carbocycles. The normalized spacial score (nSPS) is 12.2. The van der Waals surface area contributed by atoms with Gasteiger partial charge in [-0.15, -0.1) is 0 Å². The van der Waals surface area contributed by atoms with E-state index in [0.29, 0.717) is 0 Å². The fourth-order valence-corrected chi connectivity index (χ4v) is 3.42. The molecule has 0 aliphatic carbocycles. The van der Waals surface area contributed by atoms with Crippen LogP contribution in [0.4, 0.5) is 0 Å². The number of halogens is 2. The van der Waals surface area contributed by atoms with E-state index in [1.54, 1.807) is 7.11 Å². The molecule has 4 heteroatoms. The molecule has 0 aliphatic heterocycles. The summed E-state index contributed by atoms with van der Waals surface area (Å²) < 4.78 is 7.38. The lowest BCUT2D eigenvalue weighted by molar-refractivity contribution is 0.414. The van der Waals surface area contributed by atoms with Crippen LogP contribution in [0.5, 0.6) is 5.75 Å². The van der Waals surface area contributed by atoms with E-state index >= 15 is 0 Å². The summed E-state index contributed by atoms with van der Waals surface area (Å²) in [5.41, 5.74) is 2.44. The molecule has 0 bridgehead atoms. The Hall–Kier alpha value is -0.840. The highest BCUT2D eigenvalue weighted by atomic mass is 79.9. The third kappa shape index (κ3) is 3.62. The summed E-state index contributed by atoms with van der Waals surface area (Å²) in [5, 5.41) is 3.53. The summed E-state index contributed by atoms with van der Waals surface area (Å²) in [7, 11) is 1.68. The SMILES string of the molecule is CCNC(c1ccc(OC)cc1)c1ccc(Br)cc1Br. The number of methoxy groups -OCH3 is 1. The van der Waals surface area contributed by atoms with E-state index < -0.39 is 0 Å². The molecule has 2 nitrogen and oxygen atoms in total. The highest BCUT2D eigenvalue weighted by Crippen LogP contribution is 2.31. The van der Waals surface area contributed by atoms with Gasteiger partial charge < -0.3 is 10.1 Å². The number of nitrogens with one attached hydrogen (secondary N) is 1. The van der Waals surface area contributed by atoms with E-state index in [9.17, 15) is 0 Å². The van der Waals surface area contributed by atoms with Crippen molar-refractivity contribution in [3.8, 4) is 5.75 Å². The minimum absolute atomic E-state index is 0.161. The molecule has 1 unspecified atom stereocenters. The molecule has 0 amide bonds. The first-order chi connectivity index (χ1) is 9.65. The van der Waals surface area contributed by atoms with Crippen LogP contribution in [0, 0.1) is 0 Å². The molecule has 2 rings (SSSR count). The highest BCUT2D eigenvalue weighted by Gasteiger charge is 2.16. The van der Waals surface area contributed by atoms with Gasteiger partial charge in [0.05, 0.1) is 13.2 Å². The third-order valence-electron chi connectivity index (χ3n) is 3.13. The Morgan fingerprint density at radius 2 is 1.80 bits per heavy atom. The van der Waals surface area contributed by atoms with Crippen LogP contribution in [0.1, 0.15) is 24.1 Å². The van der Waals surface area contributed by atoms with E-state index in [0.717, 1.165) is 21.2 Å². The van der Waals surface area contributed by atoms with Gasteiger partial charge in [-0.25, -0.2) is 0 Å². The van der Waals surface area contributed by atoms with Crippen LogP contribution in [-0.2, 0) is 0 Å². The number of benzene rings is 2. The molecule has 0 radical (unpaired) electrons. The first-order valence-corrected chi connectivity index (χ1v) is 8.06. The molecular formula is C16H17Br2NO. The summed E-state index contributed by atoms with van der Waals surface area (Å²) in [5.74, 6) is 0.874. The van der Waals surface area contributed by atoms with Crippen LogP contribution in [0.3, 0.4) is 0 Å². The van der Waals surface area contributed by atoms with Crippen LogP contribution < -0.4 is 10.1 Å². The topological polar surface area (TPSA) is 21.3 Å². The highest BCUT2D eigenvalue weighted by molar-refractivity contribution is 9.11. The summed E-state index contributed by atoms with van der Waals surface area (Å²) >= 11 is 7.14. The van der Waals surface area contributed by atoms with Crippen molar-refractivity contribution in [2.75, 3.05) is 13.7 Å². The fourth-order valence-electron chi connectivity index (χ4n) is 2.14. The number of hydrogen-bond acceptors (Lipinski definition) is 2. The second-order valence-corrected chi connectivity index (χ2v) is 6.20. The number of ether oxygens (including phenoxy) is 1. The van der Waals surface area contributed by atoms with Gasteiger partial charge in [0.15, 0.2) is 0 Å². The van der Waals surface area contributed by atoms with Gasteiger partial charge in [-0.1, -0.05) is 57.0 Å². The Labute approximate surface area is 136 Å². The van der Waals surface area contributed by atoms with Gasteiger partial charge >= 0.3 is 0 Å². The summed E-state index contributed by atoms with van der Waals surface area (Å²) in [6.07, 6.45) is 0. The zero-order chi connectivity index (χ0) is 14.5. The Morgan fingerprint density at radius 3 is 2.35 bits per heavy atom. The maximum absolute atomic E-state index is 5.22. The molecule has 1 N–H and O–H groups in total. The van der Waals surface area contributed by atoms with Crippen molar-refractivity contribution < 1.29 is 4.74 Å². The zero-order valence-electron chi connectivity index (χ0n) is 11.5. The van der Waals surface area contributed by atoms with Crippen LogP contribution >= 0.6 is 31.9 Å². The predicted molar refractivity (Wildman–Crippen MR) is 90.4 cm³/mol. The number of hydrogen-bond donors (Lipinski definition) is 1. The molecule has 0 saturated heterocycles. The van der Waals surface area contributed by atoms with Gasteiger partial charge in [0.25, 0.3) is 0 Å². The summed E-state index contributed by atoms with van der Waals surface area (Å²) in [6, 6.07) is 14.6. The van der Waals surface area contributed by atoms with Gasteiger partial charge in [0, 0.05) is 8.95 Å². The maximum Gasteiger partial charge on any atom is 0.118 e. The van der Waals surface area contributed by atoms with Crippen molar-refractivity contribution in [1.82, 2.24) is 5.32 Å². The molecule has 0 aliphatic rings. The molecule has 2 aromatic rings. The average molecular weight is 399 g/mol. The second-order valence-electron chi connectivity index (χ2n) is 4.43. The number of rotatable bonds is 5. The molecule has 0 saturated carbocycles. The maximum atomic E-state index is 5.22. The Balaban J connectivity index is 2.38. The van der Waals surface area contributed by atoms with Gasteiger partial charge in [0.1, 0.15) is 5.75 Å².